The first kappa shape index (κ1) is 13.2. The Balaban J connectivity index is 2.06. The highest BCUT2D eigenvalue weighted by Gasteiger charge is 2.36. The number of ether oxygens (including phenoxy) is 2. The van der Waals surface area contributed by atoms with E-state index < -0.39 is 0 Å². The lowest BCUT2D eigenvalue weighted by Crippen LogP contribution is -2.52. The second-order valence-corrected chi connectivity index (χ2v) is 5.19. The van der Waals surface area contributed by atoms with Crippen molar-refractivity contribution in [3.05, 3.63) is 23.3 Å². The molecule has 4 heteroatoms. The maximum atomic E-state index is 5.80. The summed E-state index contributed by atoms with van der Waals surface area (Å²) >= 11 is 0. The molecule has 0 unspecified atom stereocenters. The Morgan fingerprint density at radius 1 is 1.33 bits per heavy atom. The van der Waals surface area contributed by atoms with Crippen LogP contribution in [0.3, 0.4) is 0 Å². The minimum Gasteiger partial charge on any atom is -0.496 e. The van der Waals surface area contributed by atoms with Gasteiger partial charge in [0.1, 0.15) is 5.75 Å². The SMILES string of the molecule is COc1c(C)cc(NCC2(CN)COC2)cc1C. The second-order valence-electron chi connectivity index (χ2n) is 5.19. The molecule has 18 heavy (non-hydrogen) atoms. The van der Waals surface area contributed by atoms with Crippen molar-refractivity contribution >= 4 is 5.69 Å². The lowest BCUT2D eigenvalue weighted by atomic mass is 9.86. The number of methoxy groups -OCH3 is 1. The molecule has 1 aliphatic heterocycles. The normalized spacial score (nSPS) is 17.1. The van der Waals surface area contributed by atoms with Crippen LogP contribution < -0.4 is 15.8 Å². The van der Waals surface area contributed by atoms with Gasteiger partial charge in [0.2, 0.25) is 0 Å². The summed E-state index contributed by atoms with van der Waals surface area (Å²) in [4.78, 5) is 0. The van der Waals surface area contributed by atoms with Gasteiger partial charge in [-0.1, -0.05) is 0 Å². The van der Waals surface area contributed by atoms with Crippen molar-refractivity contribution in [2.45, 2.75) is 13.8 Å². The largest absolute Gasteiger partial charge is 0.496 e. The van der Waals surface area contributed by atoms with Crippen molar-refractivity contribution in [2.24, 2.45) is 11.1 Å². The molecule has 3 N–H and O–H groups in total. The molecule has 1 heterocycles. The smallest absolute Gasteiger partial charge is 0.124 e. The summed E-state index contributed by atoms with van der Waals surface area (Å²) in [5, 5.41) is 3.46. The van der Waals surface area contributed by atoms with E-state index in [4.69, 9.17) is 15.2 Å². The molecule has 0 radical (unpaired) electrons. The summed E-state index contributed by atoms with van der Waals surface area (Å²) in [5.74, 6) is 0.959. The highest BCUT2D eigenvalue weighted by molar-refractivity contribution is 5.55. The van der Waals surface area contributed by atoms with Gasteiger partial charge < -0.3 is 20.5 Å². The maximum Gasteiger partial charge on any atom is 0.124 e. The molecular formula is C14H22N2O2. The molecular weight excluding hydrogens is 228 g/mol. The predicted octanol–water partition coefficient (Wildman–Crippen LogP) is 1.70. The Kier molecular flexibility index (Phi) is 3.78. The second kappa shape index (κ2) is 5.16. The van der Waals surface area contributed by atoms with Crippen molar-refractivity contribution in [1.82, 2.24) is 0 Å². The number of hydrogen-bond acceptors (Lipinski definition) is 4. The average Bonchev–Trinajstić information content (AvgIpc) is 2.28. The van der Waals surface area contributed by atoms with Gasteiger partial charge in [0.05, 0.1) is 20.3 Å². The number of nitrogens with two attached hydrogens (primary N) is 1. The van der Waals surface area contributed by atoms with E-state index in [9.17, 15) is 0 Å². The molecule has 1 aliphatic rings. The Bertz CT molecular complexity index is 399. The van der Waals surface area contributed by atoms with Gasteiger partial charge in [-0.25, -0.2) is 0 Å². The topological polar surface area (TPSA) is 56.5 Å². The van der Waals surface area contributed by atoms with Crippen LogP contribution in [0, 0.1) is 19.3 Å². The van der Waals surface area contributed by atoms with E-state index in [0.29, 0.717) is 6.54 Å². The quantitative estimate of drug-likeness (QED) is 0.835. The van der Waals surface area contributed by atoms with Gasteiger partial charge >= 0.3 is 0 Å². The molecule has 1 saturated heterocycles. The molecule has 0 aliphatic carbocycles. The van der Waals surface area contributed by atoms with E-state index in [2.05, 4.69) is 31.3 Å². The van der Waals surface area contributed by atoms with E-state index >= 15 is 0 Å². The van der Waals surface area contributed by atoms with E-state index in [-0.39, 0.29) is 5.41 Å². The van der Waals surface area contributed by atoms with Crippen LogP contribution in [0.15, 0.2) is 12.1 Å². The lowest BCUT2D eigenvalue weighted by molar-refractivity contribution is -0.0979. The summed E-state index contributed by atoms with van der Waals surface area (Å²) in [5.41, 5.74) is 9.32. The molecule has 2 rings (SSSR count). The first-order valence-corrected chi connectivity index (χ1v) is 6.27. The van der Waals surface area contributed by atoms with Gasteiger partial charge in [-0.15, -0.1) is 0 Å². The van der Waals surface area contributed by atoms with Crippen molar-refractivity contribution in [3.8, 4) is 5.75 Å². The van der Waals surface area contributed by atoms with Crippen LogP contribution in [-0.4, -0.2) is 33.4 Å². The first-order valence-electron chi connectivity index (χ1n) is 6.27. The van der Waals surface area contributed by atoms with Crippen LogP contribution in [0.4, 0.5) is 5.69 Å². The van der Waals surface area contributed by atoms with Crippen LogP contribution in [-0.2, 0) is 4.74 Å². The van der Waals surface area contributed by atoms with Crippen LogP contribution in [0.1, 0.15) is 11.1 Å². The van der Waals surface area contributed by atoms with Crippen LogP contribution in [0.25, 0.3) is 0 Å². The molecule has 1 aromatic carbocycles. The van der Waals surface area contributed by atoms with E-state index in [1.54, 1.807) is 7.11 Å². The van der Waals surface area contributed by atoms with Crippen molar-refractivity contribution in [3.63, 3.8) is 0 Å². The third-order valence-corrected chi connectivity index (χ3v) is 3.58. The Morgan fingerprint density at radius 3 is 2.33 bits per heavy atom. The monoisotopic (exact) mass is 250 g/mol. The average molecular weight is 250 g/mol. The molecule has 0 bridgehead atoms. The number of nitrogens with one attached hydrogen (secondary N) is 1. The zero-order chi connectivity index (χ0) is 13.2. The molecule has 0 amide bonds. The summed E-state index contributed by atoms with van der Waals surface area (Å²) in [6.07, 6.45) is 0. The molecule has 4 nitrogen and oxygen atoms in total. The molecule has 0 atom stereocenters. The predicted molar refractivity (Wildman–Crippen MR) is 73.3 cm³/mol. The summed E-state index contributed by atoms with van der Waals surface area (Å²) in [7, 11) is 1.71. The highest BCUT2D eigenvalue weighted by atomic mass is 16.5. The first-order chi connectivity index (χ1) is 8.60. The lowest BCUT2D eigenvalue weighted by Gasteiger charge is -2.40. The van der Waals surface area contributed by atoms with E-state index in [1.165, 1.54) is 0 Å². The number of aryl methyl sites for hydroxylation is 2. The number of anilines is 1. The fourth-order valence-corrected chi connectivity index (χ4v) is 2.35. The Labute approximate surface area is 108 Å². The molecule has 1 aromatic rings. The fourth-order valence-electron chi connectivity index (χ4n) is 2.35. The molecule has 0 aromatic heterocycles. The highest BCUT2D eigenvalue weighted by Crippen LogP contribution is 2.29. The van der Waals surface area contributed by atoms with Crippen molar-refractivity contribution in [2.75, 3.05) is 38.7 Å². The van der Waals surface area contributed by atoms with Crippen LogP contribution >= 0.6 is 0 Å². The van der Waals surface area contributed by atoms with Gasteiger partial charge in [0.25, 0.3) is 0 Å². The van der Waals surface area contributed by atoms with Gasteiger partial charge in [-0.3, -0.25) is 0 Å². The summed E-state index contributed by atoms with van der Waals surface area (Å²) in [6, 6.07) is 4.21. The maximum absolute atomic E-state index is 5.80. The third kappa shape index (κ3) is 2.44. The minimum atomic E-state index is 0.113. The Hall–Kier alpha value is -1.26. The zero-order valence-corrected chi connectivity index (χ0v) is 11.4. The van der Waals surface area contributed by atoms with Gasteiger partial charge in [-0.05, 0) is 37.1 Å². The van der Waals surface area contributed by atoms with Gasteiger partial charge in [0, 0.05) is 24.2 Å². The van der Waals surface area contributed by atoms with Gasteiger partial charge in [-0.2, -0.15) is 0 Å². The molecule has 1 fully saturated rings. The van der Waals surface area contributed by atoms with E-state index in [0.717, 1.165) is 42.3 Å². The fraction of sp³-hybridized carbons (Fsp3) is 0.571. The molecule has 0 spiro atoms. The zero-order valence-electron chi connectivity index (χ0n) is 11.4. The standard InChI is InChI=1S/C14H22N2O2/c1-10-4-12(5-11(2)13(10)17-3)16-7-14(6-15)8-18-9-14/h4-5,16H,6-9,15H2,1-3H3. The van der Waals surface area contributed by atoms with Crippen molar-refractivity contribution in [1.29, 1.82) is 0 Å². The number of rotatable bonds is 5. The van der Waals surface area contributed by atoms with Crippen molar-refractivity contribution < 1.29 is 9.47 Å². The number of benzene rings is 1. The van der Waals surface area contributed by atoms with Gasteiger partial charge in [0.15, 0.2) is 0 Å². The van der Waals surface area contributed by atoms with Crippen LogP contribution in [0.5, 0.6) is 5.75 Å². The number of hydrogen-bond donors (Lipinski definition) is 2. The third-order valence-electron chi connectivity index (χ3n) is 3.58. The minimum absolute atomic E-state index is 0.113. The summed E-state index contributed by atoms with van der Waals surface area (Å²) < 4.78 is 10.6. The molecule has 0 saturated carbocycles. The van der Waals surface area contributed by atoms with E-state index in [1.807, 2.05) is 0 Å². The summed E-state index contributed by atoms with van der Waals surface area (Å²) in [6.45, 7) is 7.14. The molecule has 100 valence electrons. The Morgan fingerprint density at radius 2 is 1.94 bits per heavy atom. The van der Waals surface area contributed by atoms with Crippen LogP contribution in [0.2, 0.25) is 0 Å².